The lowest BCUT2D eigenvalue weighted by molar-refractivity contribution is -0.138. The van der Waals surface area contributed by atoms with Gasteiger partial charge in [-0.05, 0) is 68.9 Å². The first-order valence-corrected chi connectivity index (χ1v) is 11.8. The second-order valence-electron chi connectivity index (χ2n) is 8.32. The van der Waals surface area contributed by atoms with Crippen LogP contribution in [0.15, 0.2) is 42.5 Å². The highest BCUT2D eigenvalue weighted by atomic mass is 16.4. The summed E-state index contributed by atoms with van der Waals surface area (Å²) in [6.07, 6.45) is 18.8. The van der Waals surface area contributed by atoms with Crippen molar-refractivity contribution in [3.05, 3.63) is 48.0 Å². The second-order valence-corrected chi connectivity index (χ2v) is 8.32. The highest BCUT2D eigenvalue weighted by Gasteiger charge is 2.23. The zero-order valence-electron chi connectivity index (χ0n) is 18.5. The molecule has 1 aromatic rings. The highest BCUT2D eigenvalue weighted by molar-refractivity contribution is 5.67. The van der Waals surface area contributed by atoms with Crippen molar-refractivity contribution in [1.82, 2.24) is 0 Å². The number of hydrogen-bond donors (Lipinski definition) is 2. The number of carboxylic acid groups (broad SMARTS) is 1. The average Bonchev–Trinajstić information content (AvgIpc) is 2.72. The minimum Gasteiger partial charge on any atom is -0.481 e. The van der Waals surface area contributed by atoms with Crippen LogP contribution in [0.5, 0.6) is 0 Å². The summed E-state index contributed by atoms with van der Waals surface area (Å²) < 4.78 is 0. The molecule has 0 saturated carbocycles. The SMILES string of the molecule is CCCCCCC=CCCCC[C@H](CCN)[C@H](CCc1ccccc1)CC(=O)O. The number of aryl methyl sites for hydroxylation is 1. The van der Waals surface area contributed by atoms with Crippen LogP contribution in [0.25, 0.3) is 0 Å². The summed E-state index contributed by atoms with van der Waals surface area (Å²) in [7, 11) is 0. The van der Waals surface area contributed by atoms with Crippen molar-refractivity contribution in [1.29, 1.82) is 0 Å². The number of nitrogens with two attached hydrogens (primary N) is 1. The van der Waals surface area contributed by atoms with E-state index in [1.54, 1.807) is 0 Å². The number of hydrogen-bond acceptors (Lipinski definition) is 2. The predicted molar refractivity (Wildman–Crippen MR) is 124 cm³/mol. The van der Waals surface area contributed by atoms with E-state index in [0.717, 1.165) is 38.5 Å². The van der Waals surface area contributed by atoms with Gasteiger partial charge in [-0.25, -0.2) is 0 Å². The molecule has 0 aliphatic heterocycles. The molecule has 2 atom stereocenters. The van der Waals surface area contributed by atoms with Crippen molar-refractivity contribution >= 4 is 5.97 Å². The third-order valence-corrected chi connectivity index (χ3v) is 5.87. The minimum absolute atomic E-state index is 0.213. The molecule has 3 heteroatoms. The molecule has 3 nitrogen and oxygen atoms in total. The summed E-state index contributed by atoms with van der Waals surface area (Å²) >= 11 is 0. The largest absolute Gasteiger partial charge is 0.481 e. The van der Waals surface area contributed by atoms with Gasteiger partial charge in [0.2, 0.25) is 0 Å². The molecule has 0 radical (unpaired) electrons. The van der Waals surface area contributed by atoms with Crippen molar-refractivity contribution in [3.8, 4) is 0 Å². The van der Waals surface area contributed by atoms with Gasteiger partial charge in [-0.3, -0.25) is 4.79 Å². The normalized spacial score (nSPS) is 13.6. The molecule has 0 heterocycles. The first-order valence-electron chi connectivity index (χ1n) is 11.8. The van der Waals surface area contributed by atoms with Gasteiger partial charge in [0, 0.05) is 6.42 Å². The zero-order chi connectivity index (χ0) is 21.2. The van der Waals surface area contributed by atoms with E-state index in [-0.39, 0.29) is 12.3 Å². The van der Waals surface area contributed by atoms with Crippen molar-refractivity contribution in [3.63, 3.8) is 0 Å². The molecule has 3 N–H and O–H groups in total. The number of carbonyl (C=O) groups is 1. The second kappa shape index (κ2) is 17.3. The van der Waals surface area contributed by atoms with Crippen LogP contribution in [-0.2, 0) is 11.2 Å². The summed E-state index contributed by atoms with van der Waals surface area (Å²) in [5, 5.41) is 9.40. The summed E-state index contributed by atoms with van der Waals surface area (Å²) in [6, 6.07) is 10.4. The lowest BCUT2D eigenvalue weighted by Crippen LogP contribution is -2.22. The molecule has 0 amide bonds. The summed E-state index contributed by atoms with van der Waals surface area (Å²) in [5.74, 6) is -0.0562. The van der Waals surface area contributed by atoms with E-state index in [2.05, 4.69) is 43.3 Å². The maximum Gasteiger partial charge on any atom is 0.303 e. The van der Waals surface area contributed by atoms with Crippen LogP contribution >= 0.6 is 0 Å². The fourth-order valence-electron chi connectivity index (χ4n) is 4.15. The lowest BCUT2D eigenvalue weighted by Gasteiger charge is -2.26. The Bertz CT molecular complexity index is 541. The Kier molecular flexibility index (Phi) is 15.1. The molecule has 0 spiro atoms. The number of unbranched alkanes of at least 4 members (excludes halogenated alkanes) is 6. The molecule has 0 aliphatic carbocycles. The van der Waals surface area contributed by atoms with E-state index in [1.165, 1.54) is 44.1 Å². The first kappa shape index (κ1) is 25.4. The van der Waals surface area contributed by atoms with Crippen molar-refractivity contribution in [2.75, 3.05) is 6.54 Å². The molecule has 164 valence electrons. The molecule has 1 aromatic carbocycles. The van der Waals surface area contributed by atoms with Gasteiger partial charge < -0.3 is 10.8 Å². The molecule has 0 saturated heterocycles. The fourth-order valence-corrected chi connectivity index (χ4v) is 4.15. The molecule has 0 aromatic heterocycles. The Morgan fingerprint density at radius 1 is 0.931 bits per heavy atom. The summed E-state index contributed by atoms with van der Waals surface area (Å²) in [5.41, 5.74) is 7.16. The van der Waals surface area contributed by atoms with E-state index in [4.69, 9.17) is 5.73 Å². The highest BCUT2D eigenvalue weighted by Crippen LogP contribution is 2.29. The maximum atomic E-state index is 11.4. The molecule has 1 rings (SSSR count). The molecule has 0 unspecified atom stereocenters. The number of allylic oxidation sites excluding steroid dienone is 2. The Morgan fingerprint density at radius 3 is 2.24 bits per heavy atom. The van der Waals surface area contributed by atoms with Gasteiger partial charge in [0.1, 0.15) is 0 Å². The molecular weight excluding hydrogens is 358 g/mol. The van der Waals surface area contributed by atoms with E-state index in [9.17, 15) is 9.90 Å². The molecule has 29 heavy (non-hydrogen) atoms. The number of rotatable bonds is 18. The Morgan fingerprint density at radius 2 is 1.62 bits per heavy atom. The fraction of sp³-hybridized carbons (Fsp3) is 0.654. The van der Waals surface area contributed by atoms with Gasteiger partial charge in [-0.15, -0.1) is 0 Å². The van der Waals surface area contributed by atoms with E-state index < -0.39 is 5.97 Å². The van der Waals surface area contributed by atoms with Gasteiger partial charge in [0.25, 0.3) is 0 Å². The Labute approximate surface area is 178 Å². The number of carboxylic acids is 1. The molecule has 0 aliphatic rings. The first-order chi connectivity index (χ1) is 14.2. The van der Waals surface area contributed by atoms with Crippen LogP contribution < -0.4 is 5.73 Å². The van der Waals surface area contributed by atoms with Gasteiger partial charge in [-0.2, -0.15) is 0 Å². The van der Waals surface area contributed by atoms with Crippen molar-refractivity contribution in [2.45, 2.75) is 90.4 Å². The maximum absolute atomic E-state index is 11.4. The summed E-state index contributed by atoms with van der Waals surface area (Å²) in [6.45, 7) is 2.89. The van der Waals surface area contributed by atoms with Crippen LogP contribution in [0.3, 0.4) is 0 Å². The van der Waals surface area contributed by atoms with Crippen LogP contribution in [-0.4, -0.2) is 17.6 Å². The summed E-state index contributed by atoms with van der Waals surface area (Å²) in [4.78, 5) is 11.4. The van der Waals surface area contributed by atoms with Crippen LogP contribution in [0, 0.1) is 11.8 Å². The zero-order valence-corrected chi connectivity index (χ0v) is 18.5. The third kappa shape index (κ3) is 13.3. The molecular formula is C26H43NO2. The van der Waals surface area contributed by atoms with E-state index in [1.807, 2.05) is 6.07 Å². The van der Waals surface area contributed by atoms with Gasteiger partial charge in [0.05, 0.1) is 0 Å². The van der Waals surface area contributed by atoms with Crippen molar-refractivity contribution in [2.24, 2.45) is 17.6 Å². The number of aliphatic carboxylic acids is 1. The van der Waals surface area contributed by atoms with Crippen LogP contribution in [0.2, 0.25) is 0 Å². The van der Waals surface area contributed by atoms with E-state index >= 15 is 0 Å². The average molecular weight is 402 g/mol. The lowest BCUT2D eigenvalue weighted by atomic mass is 9.80. The van der Waals surface area contributed by atoms with Crippen molar-refractivity contribution < 1.29 is 9.90 Å². The minimum atomic E-state index is -0.684. The van der Waals surface area contributed by atoms with Crippen LogP contribution in [0.1, 0.15) is 89.5 Å². The molecule has 0 bridgehead atoms. The van der Waals surface area contributed by atoms with Gasteiger partial charge >= 0.3 is 5.97 Å². The Hall–Kier alpha value is -1.61. The predicted octanol–water partition coefficient (Wildman–Crippen LogP) is 6.76. The monoisotopic (exact) mass is 401 g/mol. The topological polar surface area (TPSA) is 63.3 Å². The van der Waals surface area contributed by atoms with Gasteiger partial charge in [0.15, 0.2) is 0 Å². The molecule has 0 fully saturated rings. The number of benzene rings is 1. The standard InChI is InChI=1S/C26H43NO2/c1-2-3-4-5-6-7-8-9-10-14-17-24(20-21-27)25(22-26(28)29)19-18-23-15-12-11-13-16-23/h7-8,11-13,15-16,24-25H,2-6,9-10,14,17-22,27H2,1H3,(H,28,29)/t24-,25-/m1/s1. The Balaban J connectivity index is 2.40. The smallest absolute Gasteiger partial charge is 0.303 e. The van der Waals surface area contributed by atoms with Gasteiger partial charge in [-0.1, -0.05) is 81.5 Å². The van der Waals surface area contributed by atoms with E-state index in [0.29, 0.717) is 12.5 Å². The van der Waals surface area contributed by atoms with Crippen LogP contribution in [0.4, 0.5) is 0 Å². The quantitative estimate of drug-likeness (QED) is 0.211. The third-order valence-electron chi connectivity index (χ3n) is 5.87.